The fourth-order valence-corrected chi connectivity index (χ4v) is 3.42. The molecule has 126 valence electrons. The molecule has 0 atom stereocenters. The first kappa shape index (κ1) is 15.5. The predicted octanol–water partition coefficient (Wildman–Crippen LogP) is 2.93. The molecule has 0 bridgehead atoms. The Labute approximate surface area is 141 Å². The van der Waals surface area contributed by atoms with E-state index in [9.17, 15) is 9.90 Å². The van der Waals surface area contributed by atoms with Gasteiger partial charge in [-0.3, -0.25) is 14.8 Å². The van der Waals surface area contributed by atoms with Crippen molar-refractivity contribution in [3.8, 4) is 0 Å². The van der Waals surface area contributed by atoms with Crippen LogP contribution in [0.15, 0.2) is 24.5 Å². The van der Waals surface area contributed by atoms with Gasteiger partial charge in [-0.05, 0) is 57.6 Å². The minimum Gasteiger partial charge on any atom is -0.390 e. The Morgan fingerprint density at radius 3 is 2.62 bits per heavy atom. The molecule has 2 aliphatic carbocycles. The third kappa shape index (κ3) is 3.26. The first-order valence-electron chi connectivity index (χ1n) is 8.79. The van der Waals surface area contributed by atoms with Gasteiger partial charge in [-0.1, -0.05) is 0 Å². The number of aliphatic hydroxyl groups is 1. The molecule has 2 aliphatic rings. The van der Waals surface area contributed by atoms with Crippen molar-refractivity contribution in [3.63, 3.8) is 0 Å². The number of carbonyl (C=O) groups excluding carboxylic acids is 1. The lowest BCUT2D eigenvalue weighted by atomic mass is 9.83. The average molecular weight is 325 g/mol. The maximum absolute atomic E-state index is 12.5. The van der Waals surface area contributed by atoms with Crippen LogP contribution in [0.3, 0.4) is 0 Å². The molecule has 0 aliphatic heterocycles. The summed E-state index contributed by atoms with van der Waals surface area (Å²) >= 11 is 0. The molecular formula is C19H23N3O2. The molecule has 0 aromatic carbocycles. The van der Waals surface area contributed by atoms with E-state index in [1.807, 2.05) is 25.3 Å². The molecule has 2 N–H and O–H groups in total. The van der Waals surface area contributed by atoms with Gasteiger partial charge in [0.25, 0.3) is 5.91 Å². The zero-order valence-electron chi connectivity index (χ0n) is 14.0. The van der Waals surface area contributed by atoms with E-state index in [1.165, 1.54) is 12.8 Å². The highest BCUT2D eigenvalue weighted by atomic mass is 16.3. The number of carbonyl (C=O) groups is 1. The quantitative estimate of drug-likeness (QED) is 0.910. The second-order valence-electron chi connectivity index (χ2n) is 7.54. The summed E-state index contributed by atoms with van der Waals surface area (Å²) in [5, 5.41) is 14.0. The van der Waals surface area contributed by atoms with Gasteiger partial charge in [-0.25, -0.2) is 0 Å². The second-order valence-corrected chi connectivity index (χ2v) is 7.54. The number of hydrogen-bond acceptors (Lipinski definition) is 4. The second kappa shape index (κ2) is 5.81. The Morgan fingerprint density at radius 1 is 1.17 bits per heavy atom. The molecular weight excluding hydrogens is 302 g/mol. The highest BCUT2D eigenvalue weighted by Crippen LogP contribution is 2.39. The van der Waals surface area contributed by atoms with Crippen LogP contribution >= 0.6 is 0 Å². The van der Waals surface area contributed by atoms with Crippen LogP contribution in [-0.4, -0.2) is 32.6 Å². The number of amides is 1. The summed E-state index contributed by atoms with van der Waals surface area (Å²) in [6.07, 6.45) is 8.97. The van der Waals surface area contributed by atoms with Gasteiger partial charge in [0.05, 0.1) is 16.7 Å². The van der Waals surface area contributed by atoms with Crippen molar-refractivity contribution in [1.82, 2.24) is 15.3 Å². The minimum atomic E-state index is -0.587. The molecule has 2 heterocycles. The van der Waals surface area contributed by atoms with E-state index in [0.29, 0.717) is 11.5 Å². The Balaban J connectivity index is 1.47. The molecule has 0 unspecified atom stereocenters. The summed E-state index contributed by atoms with van der Waals surface area (Å²) in [5.74, 6) is 0.505. The first-order chi connectivity index (χ1) is 11.5. The highest BCUT2D eigenvalue weighted by molar-refractivity contribution is 5.97. The molecule has 4 rings (SSSR count). The Bertz CT molecular complexity index is 773. The number of aromatic nitrogens is 2. The Hall–Kier alpha value is -2.01. The van der Waals surface area contributed by atoms with Crippen molar-refractivity contribution in [2.75, 3.05) is 0 Å². The van der Waals surface area contributed by atoms with E-state index in [1.54, 1.807) is 6.20 Å². The summed E-state index contributed by atoms with van der Waals surface area (Å²) in [4.78, 5) is 21.4. The average Bonchev–Trinajstić information content (AvgIpc) is 3.41. The molecule has 24 heavy (non-hydrogen) atoms. The van der Waals surface area contributed by atoms with E-state index < -0.39 is 5.60 Å². The van der Waals surface area contributed by atoms with Crippen molar-refractivity contribution in [2.45, 2.75) is 63.0 Å². The Kier molecular flexibility index (Phi) is 3.76. The van der Waals surface area contributed by atoms with Gasteiger partial charge in [0.2, 0.25) is 0 Å². The fourth-order valence-electron chi connectivity index (χ4n) is 3.42. The van der Waals surface area contributed by atoms with Crippen molar-refractivity contribution < 1.29 is 9.90 Å². The molecule has 2 saturated carbocycles. The first-order valence-corrected chi connectivity index (χ1v) is 8.79. The molecule has 5 heteroatoms. The van der Waals surface area contributed by atoms with Crippen LogP contribution in [0.2, 0.25) is 0 Å². The fraction of sp³-hybridized carbons (Fsp3) is 0.526. The van der Waals surface area contributed by atoms with Crippen molar-refractivity contribution >= 4 is 16.8 Å². The molecule has 0 saturated heterocycles. The van der Waals surface area contributed by atoms with E-state index >= 15 is 0 Å². The van der Waals surface area contributed by atoms with Gasteiger partial charge in [0.1, 0.15) is 0 Å². The van der Waals surface area contributed by atoms with Gasteiger partial charge < -0.3 is 10.4 Å². The van der Waals surface area contributed by atoms with Gasteiger partial charge in [0.15, 0.2) is 0 Å². The number of nitrogens with one attached hydrogen (secondary N) is 1. The SMILES string of the molecule is C[C@]1(O)CC[C@H](NC(=O)c2cnc3cc(C4CC4)ncc3c2)CC1. The number of fused-ring (bicyclic) bond motifs is 1. The van der Waals surface area contributed by atoms with Crippen LogP contribution < -0.4 is 5.32 Å². The van der Waals surface area contributed by atoms with E-state index in [4.69, 9.17) is 0 Å². The van der Waals surface area contributed by atoms with E-state index in [2.05, 4.69) is 15.3 Å². The summed E-state index contributed by atoms with van der Waals surface area (Å²) in [6.45, 7) is 1.86. The lowest BCUT2D eigenvalue weighted by molar-refractivity contribution is 0.0140. The standard InChI is InChI=1S/C19H23N3O2/c1-19(24)6-4-15(5-7-19)22-18(23)14-8-13-10-20-16(12-2-3-12)9-17(13)21-11-14/h8-12,15,24H,2-7H2,1H3,(H,22,23)/t15-,19-. The summed E-state index contributed by atoms with van der Waals surface area (Å²) < 4.78 is 0. The van der Waals surface area contributed by atoms with Gasteiger partial charge in [0, 0.05) is 35.4 Å². The van der Waals surface area contributed by atoms with Gasteiger partial charge >= 0.3 is 0 Å². The van der Waals surface area contributed by atoms with Crippen molar-refractivity contribution in [2.24, 2.45) is 0 Å². The molecule has 5 nitrogen and oxygen atoms in total. The minimum absolute atomic E-state index is 0.0952. The topological polar surface area (TPSA) is 75.1 Å². The van der Waals surface area contributed by atoms with E-state index in [0.717, 1.165) is 42.3 Å². The molecule has 2 aromatic rings. The highest BCUT2D eigenvalue weighted by Gasteiger charge is 2.29. The smallest absolute Gasteiger partial charge is 0.253 e. The third-order valence-corrected chi connectivity index (χ3v) is 5.24. The lowest BCUT2D eigenvalue weighted by Crippen LogP contribution is -2.42. The molecule has 1 amide bonds. The van der Waals surface area contributed by atoms with Gasteiger partial charge in [-0.2, -0.15) is 0 Å². The Morgan fingerprint density at radius 2 is 1.92 bits per heavy atom. The van der Waals surface area contributed by atoms with Crippen LogP contribution in [-0.2, 0) is 0 Å². The van der Waals surface area contributed by atoms with Crippen LogP contribution in [0.5, 0.6) is 0 Å². The number of rotatable bonds is 3. The number of hydrogen-bond donors (Lipinski definition) is 2. The molecule has 2 fully saturated rings. The maximum atomic E-state index is 12.5. The van der Waals surface area contributed by atoms with Crippen LogP contribution in [0.1, 0.15) is 67.4 Å². The largest absolute Gasteiger partial charge is 0.390 e. The van der Waals surface area contributed by atoms with Crippen LogP contribution in [0.25, 0.3) is 10.9 Å². The zero-order chi connectivity index (χ0) is 16.7. The third-order valence-electron chi connectivity index (χ3n) is 5.24. The molecule has 0 spiro atoms. The zero-order valence-corrected chi connectivity index (χ0v) is 14.0. The molecule has 0 radical (unpaired) electrons. The van der Waals surface area contributed by atoms with Crippen LogP contribution in [0, 0.1) is 0 Å². The summed E-state index contributed by atoms with van der Waals surface area (Å²) in [6, 6.07) is 4.03. The summed E-state index contributed by atoms with van der Waals surface area (Å²) in [7, 11) is 0. The van der Waals surface area contributed by atoms with Crippen molar-refractivity contribution in [1.29, 1.82) is 0 Å². The summed E-state index contributed by atoms with van der Waals surface area (Å²) in [5.41, 5.74) is 2.00. The van der Waals surface area contributed by atoms with Crippen molar-refractivity contribution in [3.05, 3.63) is 35.8 Å². The molecule has 2 aromatic heterocycles. The number of nitrogens with zero attached hydrogens (tertiary/aromatic N) is 2. The lowest BCUT2D eigenvalue weighted by Gasteiger charge is -2.33. The monoisotopic (exact) mass is 325 g/mol. The van der Waals surface area contributed by atoms with E-state index in [-0.39, 0.29) is 11.9 Å². The predicted molar refractivity (Wildman–Crippen MR) is 91.9 cm³/mol. The van der Waals surface area contributed by atoms with Crippen LogP contribution in [0.4, 0.5) is 0 Å². The maximum Gasteiger partial charge on any atom is 0.253 e. The van der Waals surface area contributed by atoms with Gasteiger partial charge in [-0.15, -0.1) is 0 Å². The normalized spacial score (nSPS) is 27.2. The number of pyridine rings is 2.